The third-order valence-corrected chi connectivity index (χ3v) is 3.60. The Bertz CT molecular complexity index is 545. The largest absolute Gasteiger partial charge is 0.320 e. The summed E-state index contributed by atoms with van der Waals surface area (Å²) in [6.45, 7) is 0. The zero-order valence-corrected chi connectivity index (χ0v) is 11.2. The number of benzene rings is 2. The van der Waals surface area contributed by atoms with Gasteiger partial charge in [-0.3, -0.25) is 0 Å². The van der Waals surface area contributed by atoms with Crippen molar-refractivity contribution in [2.45, 2.75) is 6.04 Å². The molecule has 1 nitrogen and oxygen atoms in total. The topological polar surface area (TPSA) is 26.0 Å². The van der Waals surface area contributed by atoms with E-state index >= 15 is 0 Å². The van der Waals surface area contributed by atoms with E-state index in [1.165, 1.54) is 18.2 Å². The van der Waals surface area contributed by atoms with Gasteiger partial charge in [0.15, 0.2) is 0 Å². The van der Waals surface area contributed by atoms with Gasteiger partial charge in [0.25, 0.3) is 0 Å². The minimum atomic E-state index is -0.450. The van der Waals surface area contributed by atoms with Crippen LogP contribution in [0.3, 0.4) is 0 Å². The number of nitrogens with two attached hydrogens (primary N) is 1. The summed E-state index contributed by atoms with van der Waals surface area (Å²) >= 11 is 9.45. The Morgan fingerprint density at radius 2 is 1.82 bits per heavy atom. The molecule has 17 heavy (non-hydrogen) atoms. The highest BCUT2D eigenvalue weighted by atomic mass is 79.9. The van der Waals surface area contributed by atoms with Gasteiger partial charge in [-0.25, -0.2) is 4.39 Å². The highest BCUT2D eigenvalue weighted by Gasteiger charge is 2.15. The SMILES string of the molecule is NC(c1cc(F)ccc1Cl)c1ccccc1Br. The molecule has 0 heterocycles. The number of halogens is 3. The molecule has 0 bridgehead atoms. The summed E-state index contributed by atoms with van der Waals surface area (Å²) in [6.07, 6.45) is 0. The first-order valence-corrected chi connectivity index (χ1v) is 6.21. The lowest BCUT2D eigenvalue weighted by atomic mass is 9.99. The molecular formula is C13H10BrClFN. The van der Waals surface area contributed by atoms with E-state index < -0.39 is 6.04 Å². The third-order valence-electron chi connectivity index (χ3n) is 2.53. The summed E-state index contributed by atoms with van der Waals surface area (Å²) in [5.74, 6) is -0.341. The Labute approximate surface area is 113 Å². The molecule has 0 saturated heterocycles. The van der Waals surface area contributed by atoms with Crippen molar-refractivity contribution < 1.29 is 4.39 Å². The average Bonchev–Trinajstić information content (AvgIpc) is 2.32. The van der Waals surface area contributed by atoms with Crippen LogP contribution in [0.4, 0.5) is 4.39 Å². The van der Waals surface area contributed by atoms with E-state index in [0.29, 0.717) is 10.6 Å². The van der Waals surface area contributed by atoms with Gasteiger partial charge < -0.3 is 5.73 Å². The molecular weight excluding hydrogens is 305 g/mol. The molecule has 0 aliphatic heterocycles. The summed E-state index contributed by atoms with van der Waals surface area (Å²) in [5, 5.41) is 0.467. The third kappa shape index (κ3) is 2.68. The van der Waals surface area contributed by atoms with Crippen molar-refractivity contribution in [2.75, 3.05) is 0 Å². The average molecular weight is 315 g/mol. The van der Waals surface area contributed by atoms with E-state index in [4.69, 9.17) is 17.3 Å². The van der Waals surface area contributed by atoms with Crippen molar-refractivity contribution in [3.8, 4) is 0 Å². The van der Waals surface area contributed by atoms with Gasteiger partial charge in [-0.2, -0.15) is 0 Å². The molecule has 2 aromatic rings. The predicted octanol–water partition coefficient (Wildman–Crippen LogP) is 4.29. The van der Waals surface area contributed by atoms with E-state index in [2.05, 4.69) is 15.9 Å². The van der Waals surface area contributed by atoms with Crippen LogP contribution in [0.2, 0.25) is 5.02 Å². The zero-order valence-electron chi connectivity index (χ0n) is 8.83. The quantitative estimate of drug-likeness (QED) is 0.879. The summed E-state index contributed by atoms with van der Waals surface area (Å²) in [6, 6.07) is 11.3. The molecule has 0 fully saturated rings. The fourth-order valence-electron chi connectivity index (χ4n) is 1.65. The maximum atomic E-state index is 13.2. The molecule has 2 N–H and O–H groups in total. The van der Waals surface area contributed by atoms with Crippen LogP contribution in [-0.2, 0) is 0 Å². The van der Waals surface area contributed by atoms with Crippen molar-refractivity contribution in [1.29, 1.82) is 0 Å². The first-order chi connectivity index (χ1) is 8.09. The molecule has 0 amide bonds. The normalized spacial score (nSPS) is 12.5. The van der Waals surface area contributed by atoms with Gasteiger partial charge in [-0.15, -0.1) is 0 Å². The number of hydrogen-bond donors (Lipinski definition) is 1. The van der Waals surface area contributed by atoms with Gasteiger partial charge >= 0.3 is 0 Å². The monoisotopic (exact) mass is 313 g/mol. The van der Waals surface area contributed by atoms with Crippen LogP contribution in [0, 0.1) is 5.82 Å². The first kappa shape index (κ1) is 12.6. The van der Waals surface area contributed by atoms with E-state index in [0.717, 1.165) is 10.0 Å². The van der Waals surface area contributed by atoms with Crippen LogP contribution >= 0.6 is 27.5 Å². The van der Waals surface area contributed by atoms with Crippen LogP contribution in [0.25, 0.3) is 0 Å². The van der Waals surface area contributed by atoms with Crippen LogP contribution in [0.15, 0.2) is 46.9 Å². The molecule has 0 radical (unpaired) electrons. The van der Waals surface area contributed by atoms with E-state index in [9.17, 15) is 4.39 Å². The second-order valence-electron chi connectivity index (χ2n) is 3.67. The zero-order chi connectivity index (χ0) is 12.4. The smallest absolute Gasteiger partial charge is 0.123 e. The Morgan fingerprint density at radius 3 is 2.53 bits per heavy atom. The van der Waals surface area contributed by atoms with E-state index in [-0.39, 0.29) is 5.82 Å². The Hall–Kier alpha value is -0.900. The van der Waals surface area contributed by atoms with Crippen LogP contribution in [-0.4, -0.2) is 0 Å². The van der Waals surface area contributed by atoms with Gasteiger partial charge in [0, 0.05) is 9.50 Å². The lowest BCUT2D eigenvalue weighted by molar-refractivity contribution is 0.623. The van der Waals surface area contributed by atoms with Gasteiger partial charge in [-0.05, 0) is 35.4 Å². The van der Waals surface area contributed by atoms with Crippen LogP contribution in [0.1, 0.15) is 17.2 Å². The molecule has 0 aliphatic rings. The lowest BCUT2D eigenvalue weighted by Gasteiger charge is -2.15. The second-order valence-corrected chi connectivity index (χ2v) is 4.93. The molecule has 1 atom stereocenters. The summed E-state index contributed by atoms with van der Waals surface area (Å²) in [4.78, 5) is 0. The molecule has 0 aromatic heterocycles. The lowest BCUT2D eigenvalue weighted by Crippen LogP contribution is -2.13. The maximum Gasteiger partial charge on any atom is 0.123 e. The highest BCUT2D eigenvalue weighted by molar-refractivity contribution is 9.10. The maximum absolute atomic E-state index is 13.2. The van der Waals surface area contributed by atoms with Crippen molar-refractivity contribution in [1.82, 2.24) is 0 Å². The molecule has 1 unspecified atom stereocenters. The number of rotatable bonds is 2. The second kappa shape index (κ2) is 5.17. The molecule has 2 rings (SSSR count). The predicted molar refractivity (Wildman–Crippen MR) is 71.6 cm³/mol. The van der Waals surface area contributed by atoms with E-state index in [1.807, 2.05) is 24.3 Å². The van der Waals surface area contributed by atoms with Gasteiger partial charge in [0.2, 0.25) is 0 Å². The van der Waals surface area contributed by atoms with Crippen molar-refractivity contribution in [3.63, 3.8) is 0 Å². The van der Waals surface area contributed by atoms with Crippen LogP contribution < -0.4 is 5.73 Å². The molecule has 2 aromatic carbocycles. The molecule has 0 saturated carbocycles. The van der Waals surface area contributed by atoms with Crippen molar-refractivity contribution in [3.05, 3.63) is 68.9 Å². The summed E-state index contributed by atoms with van der Waals surface area (Å²) in [7, 11) is 0. The molecule has 88 valence electrons. The van der Waals surface area contributed by atoms with Gasteiger partial charge in [0.1, 0.15) is 5.82 Å². The number of hydrogen-bond acceptors (Lipinski definition) is 1. The minimum Gasteiger partial charge on any atom is -0.320 e. The van der Waals surface area contributed by atoms with Crippen molar-refractivity contribution in [2.24, 2.45) is 5.73 Å². The minimum absolute atomic E-state index is 0.341. The Kier molecular flexibility index (Phi) is 3.82. The molecule has 0 aliphatic carbocycles. The summed E-state index contributed by atoms with van der Waals surface area (Å²) in [5.41, 5.74) is 7.56. The fourth-order valence-corrected chi connectivity index (χ4v) is 2.41. The fraction of sp³-hybridized carbons (Fsp3) is 0.0769. The standard InChI is InChI=1S/C13H10BrClFN/c14-11-4-2-1-3-9(11)13(17)10-7-8(16)5-6-12(10)15/h1-7,13H,17H2. The van der Waals surface area contributed by atoms with Gasteiger partial charge in [0.05, 0.1) is 6.04 Å². The van der Waals surface area contributed by atoms with Crippen LogP contribution in [0.5, 0.6) is 0 Å². The Morgan fingerprint density at radius 1 is 1.12 bits per heavy atom. The van der Waals surface area contributed by atoms with Crippen molar-refractivity contribution >= 4 is 27.5 Å². The highest BCUT2D eigenvalue weighted by Crippen LogP contribution is 2.30. The molecule has 4 heteroatoms. The first-order valence-electron chi connectivity index (χ1n) is 5.04. The summed E-state index contributed by atoms with van der Waals surface area (Å²) < 4.78 is 14.1. The van der Waals surface area contributed by atoms with E-state index in [1.54, 1.807) is 0 Å². The van der Waals surface area contributed by atoms with Gasteiger partial charge in [-0.1, -0.05) is 45.7 Å². The Balaban J connectivity index is 2.47. The molecule has 0 spiro atoms.